The van der Waals surface area contributed by atoms with Crippen LogP contribution in [0.5, 0.6) is 0 Å². The Kier molecular flexibility index (Phi) is 4.05. The Morgan fingerprint density at radius 2 is 1.44 bits per heavy atom. The van der Waals surface area contributed by atoms with E-state index in [1.54, 1.807) is 9.80 Å². The molecule has 0 radical (unpaired) electrons. The molecule has 0 spiro atoms. The van der Waals surface area contributed by atoms with Crippen molar-refractivity contribution in [3.63, 3.8) is 0 Å². The van der Waals surface area contributed by atoms with E-state index in [0.717, 1.165) is 0 Å². The van der Waals surface area contributed by atoms with Crippen LogP contribution >= 0.6 is 0 Å². The van der Waals surface area contributed by atoms with Crippen LogP contribution in [-0.4, -0.2) is 81.0 Å². The topological polar surface area (TPSA) is 96.2 Å². The van der Waals surface area contributed by atoms with E-state index in [4.69, 9.17) is 9.88 Å². The van der Waals surface area contributed by atoms with Gasteiger partial charge < -0.3 is 14.5 Å². The normalized spacial score (nSPS) is 23.2. The fraction of sp³-hybridized carbons (Fsp3) is 0.889. The van der Waals surface area contributed by atoms with Crippen molar-refractivity contribution in [2.75, 3.05) is 52.5 Å². The minimum atomic E-state index is -3.64. The number of hydrogen-bond acceptors (Lipinski definition) is 4. The second-order valence-corrected chi connectivity index (χ2v) is 5.86. The second-order valence-electron chi connectivity index (χ2n) is 4.31. The van der Waals surface area contributed by atoms with Crippen molar-refractivity contribution in [3.8, 4) is 0 Å². The minimum absolute atomic E-state index is 0.0487. The average Bonchev–Trinajstić information content (AvgIpc) is 2.38. The van der Waals surface area contributed by atoms with Gasteiger partial charge in [0.25, 0.3) is 10.2 Å². The van der Waals surface area contributed by atoms with Crippen LogP contribution in [0.15, 0.2) is 0 Å². The van der Waals surface area contributed by atoms with Crippen LogP contribution in [0.2, 0.25) is 0 Å². The molecule has 2 amide bonds. The number of ether oxygens (including phenoxy) is 1. The van der Waals surface area contributed by atoms with Gasteiger partial charge in [0, 0.05) is 39.3 Å². The number of hydrogen-bond donors (Lipinski definition) is 1. The van der Waals surface area contributed by atoms with E-state index in [1.807, 2.05) is 0 Å². The van der Waals surface area contributed by atoms with Gasteiger partial charge >= 0.3 is 6.03 Å². The fourth-order valence-electron chi connectivity index (χ4n) is 2.09. The summed E-state index contributed by atoms with van der Waals surface area (Å²) in [5.74, 6) is 0. The first kappa shape index (κ1) is 13.5. The zero-order valence-electron chi connectivity index (χ0n) is 10.1. The van der Waals surface area contributed by atoms with Crippen LogP contribution in [0.1, 0.15) is 0 Å². The second kappa shape index (κ2) is 5.39. The van der Waals surface area contributed by atoms with Crippen molar-refractivity contribution in [1.82, 2.24) is 14.1 Å². The molecular formula is C9H18N4O4S. The Bertz CT molecular complexity index is 399. The standard InChI is InChI=1S/C9H18N4O4S/c10-18(15,16)13-3-1-11(2-4-13)9(14)12-5-7-17-8-6-12/h1-8H2,(H2,10,15,16). The summed E-state index contributed by atoms with van der Waals surface area (Å²) in [5.41, 5.74) is 0. The first-order chi connectivity index (χ1) is 8.48. The van der Waals surface area contributed by atoms with Crippen molar-refractivity contribution >= 4 is 16.2 Å². The highest BCUT2D eigenvalue weighted by Crippen LogP contribution is 2.09. The van der Waals surface area contributed by atoms with Crippen molar-refractivity contribution in [3.05, 3.63) is 0 Å². The van der Waals surface area contributed by atoms with Crippen molar-refractivity contribution in [2.45, 2.75) is 0 Å². The molecule has 8 nitrogen and oxygen atoms in total. The number of morpholine rings is 1. The van der Waals surface area contributed by atoms with Crippen molar-refractivity contribution in [2.24, 2.45) is 5.14 Å². The van der Waals surface area contributed by atoms with Crippen LogP contribution in [0.4, 0.5) is 4.79 Å². The molecule has 18 heavy (non-hydrogen) atoms. The molecule has 2 heterocycles. The predicted molar refractivity (Wildman–Crippen MR) is 64.0 cm³/mol. The van der Waals surface area contributed by atoms with E-state index in [9.17, 15) is 13.2 Å². The number of piperazine rings is 1. The third kappa shape index (κ3) is 3.10. The lowest BCUT2D eigenvalue weighted by Crippen LogP contribution is -2.56. The number of carbonyl (C=O) groups excluding carboxylic acids is 1. The van der Waals surface area contributed by atoms with Crippen molar-refractivity contribution in [1.29, 1.82) is 0 Å². The van der Waals surface area contributed by atoms with Crippen LogP contribution in [-0.2, 0) is 14.9 Å². The number of nitrogens with zero attached hydrogens (tertiary/aromatic N) is 3. The molecule has 2 saturated heterocycles. The maximum absolute atomic E-state index is 12.1. The minimum Gasteiger partial charge on any atom is -0.378 e. The number of amides is 2. The summed E-state index contributed by atoms with van der Waals surface area (Å²) in [5, 5.41) is 5.04. The molecule has 2 rings (SSSR count). The van der Waals surface area contributed by atoms with Gasteiger partial charge in [-0.2, -0.15) is 12.7 Å². The Morgan fingerprint density at radius 1 is 0.944 bits per heavy atom. The lowest BCUT2D eigenvalue weighted by atomic mass is 10.3. The molecule has 0 aliphatic carbocycles. The Labute approximate surface area is 106 Å². The molecule has 104 valence electrons. The summed E-state index contributed by atoms with van der Waals surface area (Å²) in [6.07, 6.45) is 0. The van der Waals surface area contributed by atoms with Gasteiger partial charge in [-0.3, -0.25) is 0 Å². The predicted octanol–water partition coefficient (Wildman–Crippen LogP) is -1.74. The lowest BCUT2D eigenvalue weighted by Gasteiger charge is -2.37. The molecule has 0 bridgehead atoms. The molecular weight excluding hydrogens is 260 g/mol. The molecule has 0 unspecified atom stereocenters. The highest BCUT2D eigenvalue weighted by molar-refractivity contribution is 7.86. The van der Waals surface area contributed by atoms with Gasteiger partial charge in [0.05, 0.1) is 13.2 Å². The zero-order valence-corrected chi connectivity index (χ0v) is 10.9. The fourth-order valence-corrected chi connectivity index (χ4v) is 2.76. The molecule has 0 aromatic rings. The average molecular weight is 278 g/mol. The van der Waals surface area contributed by atoms with E-state index in [2.05, 4.69) is 0 Å². The maximum atomic E-state index is 12.1. The quantitative estimate of drug-likeness (QED) is 0.616. The van der Waals surface area contributed by atoms with Gasteiger partial charge in [-0.1, -0.05) is 0 Å². The highest BCUT2D eigenvalue weighted by atomic mass is 32.2. The summed E-state index contributed by atoms with van der Waals surface area (Å²) in [6, 6.07) is -0.0487. The summed E-state index contributed by atoms with van der Waals surface area (Å²) >= 11 is 0. The maximum Gasteiger partial charge on any atom is 0.320 e. The first-order valence-electron chi connectivity index (χ1n) is 5.88. The lowest BCUT2D eigenvalue weighted by molar-refractivity contribution is 0.0405. The van der Waals surface area contributed by atoms with E-state index >= 15 is 0 Å². The van der Waals surface area contributed by atoms with Gasteiger partial charge in [-0.05, 0) is 0 Å². The Hall–Kier alpha value is -0.900. The van der Waals surface area contributed by atoms with Crippen LogP contribution in [0.3, 0.4) is 0 Å². The Morgan fingerprint density at radius 3 is 1.94 bits per heavy atom. The van der Waals surface area contributed by atoms with Crippen LogP contribution in [0, 0.1) is 0 Å². The highest BCUT2D eigenvalue weighted by Gasteiger charge is 2.29. The smallest absolute Gasteiger partial charge is 0.320 e. The molecule has 0 saturated carbocycles. The zero-order chi connectivity index (χ0) is 13.2. The number of nitrogens with two attached hydrogens (primary N) is 1. The molecule has 2 aliphatic heterocycles. The van der Waals surface area contributed by atoms with Gasteiger partial charge in [0.1, 0.15) is 0 Å². The number of rotatable bonds is 1. The first-order valence-corrected chi connectivity index (χ1v) is 7.38. The molecule has 2 fully saturated rings. The summed E-state index contributed by atoms with van der Waals surface area (Å²) in [6.45, 7) is 3.58. The van der Waals surface area contributed by atoms with Crippen LogP contribution < -0.4 is 5.14 Å². The van der Waals surface area contributed by atoms with E-state index in [1.165, 1.54) is 4.31 Å². The third-order valence-electron chi connectivity index (χ3n) is 3.15. The molecule has 0 atom stereocenters. The summed E-state index contributed by atoms with van der Waals surface area (Å²) < 4.78 is 28.6. The molecule has 2 N–H and O–H groups in total. The Balaban J connectivity index is 1.87. The van der Waals surface area contributed by atoms with Gasteiger partial charge in [-0.25, -0.2) is 9.93 Å². The molecule has 2 aliphatic rings. The van der Waals surface area contributed by atoms with Gasteiger partial charge in [0.15, 0.2) is 0 Å². The SMILES string of the molecule is NS(=O)(=O)N1CCN(C(=O)N2CCOCC2)CC1. The van der Waals surface area contributed by atoms with Crippen molar-refractivity contribution < 1.29 is 17.9 Å². The van der Waals surface area contributed by atoms with Crippen LogP contribution in [0.25, 0.3) is 0 Å². The monoisotopic (exact) mass is 278 g/mol. The summed E-state index contributed by atoms with van der Waals surface area (Å²) in [4.78, 5) is 15.5. The van der Waals surface area contributed by atoms with E-state index in [-0.39, 0.29) is 19.1 Å². The number of urea groups is 1. The largest absolute Gasteiger partial charge is 0.378 e. The molecule has 0 aromatic heterocycles. The van der Waals surface area contributed by atoms with E-state index < -0.39 is 10.2 Å². The molecule has 0 aromatic carbocycles. The molecule has 9 heteroatoms. The third-order valence-corrected chi connectivity index (χ3v) is 4.24. The van der Waals surface area contributed by atoms with Gasteiger partial charge in [0.2, 0.25) is 0 Å². The van der Waals surface area contributed by atoms with E-state index in [0.29, 0.717) is 39.4 Å². The number of carbonyl (C=O) groups is 1. The summed E-state index contributed by atoms with van der Waals surface area (Å²) in [7, 11) is -3.64. The van der Waals surface area contributed by atoms with Gasteiger partial charge in [-0.15, -0.1) is 0 Å².